The van der Waals surface area contributed by atoms with E-state index < -0.39 is 0 Å². The summed E-state index contributed by atoms with van der Waals surface area (Å²) in [6.45, 7) is 0.145. The highest BCUT2D eigenvalue weighted by Crippen LogP contribution is 2.25. The minimum Gasteiger partial charge on any atom is -0.345 e. The van der Waals surface area contributed by atoms with Crippen molar-refractivity contribution in [1.29, 1.82) is 0 Å². The van der Waals surface area contributed by atoms with Crippen molar-refractivity contribution in [2.24, 2.45) is 0 Å². The van der Waals surface area contributed by atoms with Crippen LogP contribution in [0, 0.1) is 5.82 Å². The molecule has 2 aromatic carbocycles. The quantitative estimate of drug-likeness (QED) is 0.282. The van der Waals surface area contributed by atoms with Crippen molar-refractivity contribution in [1.82, 2.24) is 25.1 Å². The van der Waals surface area contributed by atoms with Crippen LogP contribution in [0.5, 0.6) is 0 Å². The molecule has 0 aliphatic carbocycles. The second-order valence-corrected chi connectivity index (χ2v) is 8.28. The number of carbonyl (C=O) groups is 1. The zero-order valence-corrected chi connectivity index (χ0v) is 18.9. The van der Waals surface area contributed by atoms with Crippen LogP contribution >= 0.6 is 23.4 Å². The number of pyridine rings is 1. The lowest BCUT2D eigenvalue weighted by Gasteiger charge is -2.10. The summed E-state index contributed by atoms with van der Waals surface area (Å²) in [5.41, 5.74) is 2.54. The molecule has 4 aromatic rings. The van der Waals surface area contributed by atoms with Crippen LogP contribution in [0.3, 0.4) is 0 Å². The van der Waals surface area contributed by atoms with Crippen LogP contribution in [-0.4, -0.2) is 25.7 Å². The summed E-state index contributed by atoms with van der Waals surface area (Å²) in [7, 11) is 0. The number of halogens is 2. The van der Waals surface area contributed by atoms with Gasteiger partial charge < -0.3 is 5.32 Å². The summed E-state index contributed by atoms with van der Waals surface area (Å²) in [5, 5.41) is 12.6. The zero-order valence-electron chi connectivity index (χ0n) is 17.4. The van der Waals surface area contributed by atoms with E-state index in [-0.39, 0.29) is 18.3 Å². The van der Waals surface area contributed by atoms with Gasteiger partial charge in [0.2, 0.25) is 5.91 Å². The van der Waals surface area contributed by atoms with E-state index >= 15 is 0 Å². The van der Waals surface area contributed by atoms with Crippen molar-refractivity contribution in [3.05, 3.63) is 107 Å². The number of rotatable bonds is 8. The maximum atomic E-state index is 13.5. The number of benzene rings is 2. The van der Waals surface area contributed by atoms with Crippen molar-refractivity contribution in [2.45, 2.75) is 17.5 Å². The van der Waals surface area contributed by atoms with Gasteiger partial charge in [0.15, 0.2) is 11.0 Å². The molecule has 2 aromatic heterocycles. The molecular formula is C24H19ClFN5OS. The molecule has 9 heteroatoms. The molecule has 0 radical (unpaired) electrons. The number of thioether (sulfide) groups is 1. The van der Waals surface area contributed by atoms with Gasteiger partial charge in [0, 0.05) is 34.9 Å². The number of amides is 1. The fraction of sp³-hybridized carbons (Fsp3) is 0.0833. The first-order valence-electron chi connectivity index (χ1n) is 10.0. The monoisotopic (exact) mass is 479 g/mol. The first-order chi connectivity index (χ1) is 16.1. The molecule has 166 valence electrons. The lowest BCUT2D eigenvalue weighted by atomic mass is 10.2. The van der Waals surface area contributed by atoms with E-state index in [4.69, 9.17) is 11.6 Å². The lowest BCUT2D eigenvalue weighted by molar-refractivity contribution is -0.116. The first-order valence-corrected chi connectivity index (χ1v) is 11.4. The molecular weight excluding hydrogens is 461 g/mol. The van der Waals surface area contributed by atoms with E-state index in [1.54, 1.807) is 36.7 Å². The van der Waals surface area contributed by atoms with Crippen LogP contribution in [0.1, 0.15) is 17.0 Å². The van der Waals surface area contributed by atoms with Crippen molar-refractivity contribution >= 4 is 35.3 Å². The maximum absolute atomic E-state index is 13.5. The van der Waals surface area contributed by atoms with Crippen LogP contribution in [0.15, 0.2) is 84.3 Å². The second-order valence-electron chi connectivity index (χ2n) is 6.93. The van der Waals surface area contributed by atoms with Crippen LogP contribution in [-0.2, 0) is 17.1 Å². The summed E-state index contributed by atoms with van der Waals surface area (Å²) >= 11 is 7.61. The van der Waals surface area contributed by atoms with Crippen LogP contribution < -0.4 is 5.32 Å². The number of aromatic nitrogens is 4. The van der Waals surface area contributed by atoms with Gasteiger partial charge in [-0.2, -0.15) is 0 Å². The Morgan fingerprint density at radius 2 is 1.82 bits per heavy atom. The Kier molecular flexibility index (Phi) is 7.49. The Hall–Kier alpha value is -3.49. The number of hydrogen-bond donors (Lipinski definition) is 1. The fourth-order valence-electron chi connectivity index (χ4n) is 2.99. The van der Waals surface area contributed by atoms with Gasteiger partial charge in [0.05, 0.1) is 6.54 Å². The van der Waals surface area contributed by atoms with Crippen molar-refractivity contribution in [2.75, 3.05) is 0 Å². The Bertz CT molecular complexity index is 1260. The highest BCUT2D eigenvalue weighted by atomic mass is 35.5. The van der Waals surface area contributed by atoms with Gasteiger partial charge in [-0.25, -0.2) is 4.39 Å². The van der Waals surface area contributed by atoms with E-state index in [9.17, 15) is 9.18 Å². The maximum Gasteiger partial charge on any atom is 0.244 e. The van der Waals surface area contributed by atoms with E-state index in [0.29, 0.717) is 27.4 Å². The molecule has 4 rings (SSSR count). The molecule has 0 atom stereocenters. The van der Waals surface area contributed by atoms with Crippen LogP contribution in [0.2, 0.25) is 5.02 Å². The topological polar surface area (TPSA) is 72.7 Å². The number of nitrogens with one attached hydrogen (secondary N) is 1. The van der Waals surface area contributed by atoms with Gasteiger partial charge >= 0.3 is 0 Å². The standard InChI is InChI=1S/C24H19ClFN5OS/c25-21-4-2-1-3-18(21)5-10-23(32)28-15-22-29-30-24(33-16-17-11-13-27-14-12-17)31(22)20-8-6-19(26)7-9-20/h1-14H,15-16H2,(H,28,32). The Morgan fingerprint density at radius 1 is 1.06 bits per heavy atom. The SMILES string of the molecule is O=C(C=Cc1ccccc1Cl)NCc1nnc(SCc2ccncc2)n1-c1ccc(F)cc1. The van der Waals surface area contributed by atoms with E-state index in [2.05, 4.69) is 20.5 Å². The first kappa shape index (κ1) is 22.7. The summed E-state index contributed by atoms with van der Waals surface area (Å²) in [5.74, 6) is 0.555. The largest absolute Gasteiger partial charge is 0.345 e. The van der Waals surface area contributed by atoms with E-state index in [0.717, 1.165) is 11.1 Å². The molecule has 0 saturated heterocycles. The molecule has 1 N–H and O–H groups in total. The third kappa shape index (κ3) is 6.06. The summed E-state index contributed by atoms with van der Waals surface area (Å²) < 4.78 is 15.3. The number of hydrogen-bond acceptors (Lipinski definition) is 5. The predicted molar refractivity (Wildman–Crippen MR) is 127 cm³/mol. The van der Waals surface area contributed by atoms with Gasteiger partial charge in [-0.1, -0.05) is 41.6 Å². The molecule has 0 aliphatic rings. The number of carbonyl (C=O) groups excluding carboxylic acids is 1. The van der Waals surface area contributed by atoms with E-state index in [1.807, 2.05) is 34.9 Å². The molecule has 33 heavy (non-hydrogen) atoms. The van der Waals surface area contributed by atoms with Crippen molar-refractivity contribution in [3.63, 3.8) is 0 Å². The van der Waals surface area contributed by atoms with Gasteiger partial charge in [0.25, 0.3) is 0 Å². The molecule has 2 heterocycles. The third-order valence-corrected chi connectivity index (χ3v) is 5.99. The summed E-state index contributed by atoms with van der Waals surface area (Å²) in [4.78, 5) is 16.4. The van der Waals surface area contributed by atoms with Crippen LogP contribution in [0.25, 0.3) is 11.8 Å². The Balaban J connectivity index is 1.50. The van der Waals surface area contributed by atoms with Crippen molar-refractivity contribution in [3.8, 4) is 5.69 Å². The molecule has 0 fully saturated rings. The molecule has 6 nitrogen and oxygen atoms in total. The van der Waals surface area contributed by atoms with E-state index in [1.165, 1.54) is 30.0 Å². The van der Waals surface area contributed by atoms with Gasteiger partial charge in [-0.05, 0) is 59.7 Å². The Morgan fingerprint density at radius 3 is 2.58 bits per heavy atom. The molecule has 1 amide bonds. The second kappa shape index (κ2) is 10.9. The minimum absolute atomic E-state index is 0.145. The normalized spacial score (nSPS) is 11.1. The molecule has 0 saturated carbocycles. The zero-order chi connectivity index (χ0) is 23.0. The highest BCUT2D eigenvalue weighted by molar-refractivity contribution is 7.98. The lowest BCUT2D eigenvalue weighted by Crippen LogP contribution is -2.22. The average Bonchev–Trinajstić information content (AvgIpc) is 3.25. The predicted octanol–water partition coefficient (Wildman–Crippen LogP) is 5.08. The smallest absolute Gasteiger partial charge is 0.244 e. The van der Waals surface area contributed by atoms with Gasteiger partial charge in [-0.3, -0.25) is 14.3 Å². The average molecular weight is 480 g/mol. The number of nitrogens with zero attached hydrogens (tertiary/aromatic N) is 4. The van der Waals surface area contributed by atoms with Crippen molar-refractivity contribution < 1.29 is 9.18 Å². The molecule has 0 unspecified atom stereocenters. The fourth-order valence-corrected chi connectivity index (χ4v) is 4.11. The van der Waals surface area contributed by atoms with Crippen LogP contribution in [0.4, 0.5) is 4.39 Å². The summed E-state index contributed by atoms with van der Waals surface area (Å²) in [6, 6.07) is 17.2. The molecule has 0 aliphatic heterocycles. The Labute approximate surface area is 199 Å². The molecule has 0 bridgehead atoms. The third-order valence-electron chi connectivity index (χ3n) is 4.64. The summed E-state index contributed by atoms with van der Waals surface area (Å²) in [6.07, 6.45) is 6.53. The highest BCUT2D eigenvalue weighted by Gasteiger charge is 2.15. The van der Waals surface area contributed by atoms with Gasteiger partial charge in [-0.15, -0.1) is 10.2 Å². The minimum atomic E-state index is -0.336. The molecule has 0 spiro atoms. The van der Waals surface area contributed by atoms with Gasteiger partial charge in [0.1, 0.15) is 5.82 Å².